The molecule has 0 amide bonds. The van der Waals surface area contributed by atoms with Crippen LogP contribution in [0.25, 0.3) is 0 Å². The highest BCUT2D eigenvalue weighted by atomic mass is 35.5. The normalized spacial score (nSPS) is 18.2. The molecule has 1 aromatic carbocycles. The molecule has 2 rings (SSSR count). The molecule has 0 nitrogen and oxygen atoms in total. The Morgan fingerprint density at radius 3 is 2.69 bits per heavy atom. The first-order valence-corrected chi connectivity index (χ1v) is 6.17. The first kappa shape index (κ1) is 11.8. The Hall–Kier alpha value is -0.630. The number of hydrogen-bond donors (Lipinski definition) is 0. The van der Waals surface area contributed by atoms with Crippen molar-refractivity contribution in [2.24, 2.45) is 5.92 Å². The molecule has 0 aromatic heterocycles. The maximum absolute atomic E-state index is 13.4. The highest BCUT2D eigenvalue weighted by Crippen LogP contribution is 2.32. The summed E-state index contributed by atoms with van der Waals surface area (Å²) in [6.45, 7) is 0. The molecular formula is C13H15ClF2. The summed E-state index contributed by atoms with van der Waals surface area (Å²) in [6.07, 6.45) is 5.07. The second-order valence-electron chi connectivity index (χ2n) is 4.55. The average Bonchev–Trinajstić information content (AvgIpc) is 2.19. The zero-order chi connectivity index (χ0) is 11.5. The van der Waals surface area contributed by atoms with Crippen LogP contribution in [0.5, 0.6) is 0 Å². The third-order valence-corrected chi connectivity index (χ3v) is 3.62. The summed E-state index contributed by atoms with van der Waals surface area (Å²) < 4.78 is 26.3. The lowest BCUT2D eigenvalue weighted by Gasteiger charge is -2.27. The molecule has 1 fully saturated rings. The lowest BCUT2D eigenvalue weighted by molar-refractivity contribution is 0.291. The van der Waals surface area contributed by atoms with Crippen molar-refractivity contribution in [1.29, 1.82) is 0 Å². The molecule has 1 saturated carbocycles. The molecule has 1 aromatic rings. The van der Waals surface area contributed by atoms with Crippen molar-refractivity contribution in [3.63, 3.8) is 0 Å². The number of benzene rings is 1. The van der Waals surface area contributed by atoms with Crippen molar-refractivity contribution in [1.82, 2.24) is 0 Å². The minimum atomic E-state index is -0.787. The first-order valence-electron chi connectivity index (χ1n) is 5.73. The van der Waals surface area contributed by atoms with E-state index in [0.29, 0.717) is 17.9 Å². The van der Waals surface area contributed by atoms with Crippen LogP contribution >= 0.6 is 11.6 Å². The highest BCUT2D eigenvalue weighted by Gasteiger charge is 2.22. The van der Waals surface area contributed by atoms with Gasteiger partial charge in [-0.25, -0.2) is 8.78 Å². The average molecular weight is 245 g/mol. The molecule has 0 aliphatic heterocycles. The van der Waals surface area contributed by atoms with Crippen molar-refractivity contribution >= 4 is 11.6 Å². The Morgan fingerprint density at radius 1 is 1.31 bits per heavy atom. The molecule has 3 heteroatoms. The van der Waals surface area contributed by atoms with E-state index in [1.54, 1.807) is 6.07 Å². The van der Waals surface area contributed by atoms with E-state index in [1.807, 2.05) is 0 Å². The summed E-state index contributed by atoms with van der Waals surface area (Å²) in [5.74, 6) is -0.842. The predicted molar refractivity (Wildman–Crippen MR) is 61.7 cm³/mol. The zero-order valence-electron chi connectivity index (χ0n) is 9.06. The molecule has 1 atom stereocenters. The maximum Gasteiger partial charge on any atom is 0.162 e. The van der Waals surface area contributed by atoms with Gasteiger partial charge in [0, 0.05) is 5.38 Å². The number of hydrogen-bond acceptors (Lipinski definition) is 0. The van der Waals surface area contributed by atoms with Gasteiger partial charge in [-0.1, -0.05) is 31.4 Å². The van der Waals surface area contributed by atoms with Gasteiger partial charge < -0.3 is 0 Å². The smallest absolute Gasteiger partial charge is 0.162 e. The molecule has 0 spiro atoms. The van der Waals surface area contributed by atoms with Crippen LogP contribution < -0.4 is 0 Å². The summed E-state index contributed by atoms with van der Waals surface area (Å²) in [4.78, 5) is 0. The van der Waals surface area contributed by atoms with Crippen LogP contribution in [-0.2, 0) is 6.42 Å². The standard InChI is InChI=1S/C13H15ClF2/c14-11(7-9-3-1-4-9)8-10-5-2-6-12(15)13(10)16/h2,5-6,9,11H,1,3-4,7-8H2. The Balaban J connectivity index is 1.94. The summed E-state index contributed by atoms with van der Waals surface area (Å²) in [5, 5.41) is -0.0819. The van der Waals surface area contributed by atoms with Crippen LogP contribution in [0.1, 0.15) is 31.2 Å². The molecule has 0 saturated heterocycles. The van der Waals surface area contributed by atoms with E-state index in [2.05, 4.69) is 0 Å². The van der Waals surface area contributed by atoms with E-state index < -0.39 is 11.6 Å². The van der Waals surface area contributed by atoms with Crippen LogP contribution in [0, 0.1) is 17.6 Å². The monoisotopic (exact) mass is 244 g/mol. The summed E-state index contributed by atoms with van der Waals surface area (Å²) in [6, 6.07) is 4.27. The van der Waals surface area contributed by atoms with E-state index in [9.17, 15) is 8.78 Å². The lowest BCUT2D eigenvalue weighted by Crippen LogP contribution is -2.18. The molecule has 16 heavy (non-hydrogen) atoms. The van der Waals surface area contributed by atoms with Crippen LogP contribution in [0.3, 0.4) is 0 Å². The SMILES string of the molecule is Fc1cccc(CC(Cl)CC2CCC2)c1F. The second-order valence-corrected chi connectivity index (χ2v) is 5.16. The van der Waals surface area contributed by atoms with Crippen molar-refractivity contribution in [2.75, 3.05) is 0 Å². The zero-order valence-corrected chi connectivity index (χ0v) is 9.81. The van der Waals surface area contributed by atoms with Crippen LogP contribution in [-0.4, -0.2) is 5.38 Å². The third-order valence-electron chi connectivity index (χ3n) is 3.29. The van der Waals surface area contributed by atoms with Gasteiger partial charge in [-0.3, -0.25) is 0 Å². The number of rotatable bonds is 4. The fourth-order valence-electron chi connectivity index (χ4n) is 2.12. The Morgan fingerprint density at radius 2 is 2.06 bits per heavy atom. The molecule has 0 N–H and O–H groups in total. The van der Waals surface area contributed by atoms with Crippen LogP contribution in [0.4, 0.5) is 8.78 Å². The molecule has 0 radical (unpaired) electrons. The minimum Gasteiger partial charge on any atom is -0.204 e. The van der Waals surface area contributed by atoms with E-state index in [1.165, 1.54) is 25.3 Å². The van der Waals surface area contributed by atoms with Gasteiger partial charge in [0.25, 0.3) is 0 Å². The summed E-state index contributed by atoms with van der Waals surface area (Å²) in [7, 11) is 0. The van der Waals surface area contributed by atoms with Gasteiger partial charge in [0.2, 0.25) is 0 Å². The Labute approximate surface area is 99.6 Å². The quantitative estimate of drug-likeness (QED) is 0.693. The Kier molecular flexibility index (Phi) is 3.80. The maximum atomic E-state index is 13.4. The van der Waals surface area contributed by atoms with Crippen LogP contribution in [0.15, 0.2) is 18.2 Å². The van der Waals surface area contributed by atoms with Gasteiger partial charge in [0.1, 0.15) is 0 Å². The number of halogens is 3. The van der Waals surface area contributed by atoms with Gasteiger partial charge in [-0.15, -0.1) is 11.6 Å². The number of alkyl halides is 1. The molecule has 1 unspecified atom stereocenters. The van der Waals surface area contributed by atoms with E-state index in [-0.39, 0.29) is 5.38 Å². The summed E-state index contributed by atoms with van der Waals surface area (Å²) >= 11 is 6.16. The topological polar surface area (TPSA) is 0 Å². The summed E-state index contributed by atoms with van der Waals surface area (Å²) in [5.41, 5.74) is 0.388. The van der Waals surface area contributed by atoms with Gasteiger partial charge in [0.05, 0.1) is 0 Å². The van der Waals surface area contributed by atoms with E-state index >= 15 is 0 Å². The van der Waals surface area contributed by atoms with Gasteiger partial charge in [0.15, 0.2) is 11.6 Å². The van der Waals surface area contributed by atoms with Crippen molar-refractivity contribution in [3.8, 4) is 0 Å². The fraction of sp³-hybridized carbons (Fsp3) is 0.538. The van der Waals surface area contributed by atoms with Gasteiger partial charge in [-0.05, 0) is 30.4 Å². The largest absolute Gasteiger partial charge is 0.204 e. The third kappa shape index (κ3) is 2.73. The lowest BCUT2D eigenvalue weighted by atomic mass is 9.81. The van der Waals surface area contributed by atoms with E-state index in [4.69, 9.17) is 11.6 Å². The second kappa shape index (κ2) is 5.13. The van der Waals surface area contributed by atoms with E-state index in [0.717, 1.165) is 12.5 Å². The van der Waals surface area contributed by atoms with Crippen LogP contribution in [0.2, 0.25) is 0 Å². The van der Waals surface area contributed by atoms with Crippen molar-refractivity contribution in [2.45, 2.75) is 37.5 Å². The van der Waals surface area contributed by atoms with Crippen molar-refractivity contribution in [3.05, 3.63) is 35.4 Å². The molecule has 1 aliphatic rings. The van der Waals surface area contributed by atoms with Crippen molar-refractivity contribution < 1.29 is 8.78 Å². The predicted octanol–water partition coefficient (Wildman–Crippen LogP) is 4.30. The molecule has 1 aliphatic carbocycles. The Bertz CT molecular complexity index is 361. The van der Waals surface area contributed by atoms with Gasteiger partial charge in [-0.2, -0.15) is 0 Å². The molecule has 88 valence electrons. The fourth-order valence-corrected chi connectivity index (χ4v) is 2.54. The minimum absolute atomic E-state index is 0.0819. The molecule has 0 bridgehead atoms. The van der Waals surface area contributed by atoms with Gasteiger partial charge >= 0.3 is 0 Å². The molecule has 0 heterocycles. The molecular weight excluding hydrogens is 230 g/mol. The first-order chi connectivity index (χ1) is 7.66. The highest BCUT2D eigenvalue weighted by molar-refractivity contribution is 6.20.